The second-order valence-electron chi connectivity index (χ2n) is 3.32. The highest BCUT2D eigenvalue weighted by Gasteiger charge is 2.35. The van der Waals surface area contributed by atoms with Crippen LogP contribution in [0.2, 0.25) is 0 Å². The SMILES string of the molecule is [C-]#[N+]c1cncc(C(F)(F)C(C)C)c1. The number of alkyl halides is 2. The first kappa shape index (κ1) is 10.6. The van der Waals surface area contributed by atoms with E-state index in [0.717, 1.165) is 6.20 Å². The summed E-state index contributed by atoms with van der Waals surface area (Å²) in [6.07, 6.45) is 2.38. The zero-order chi connectivity index (χ0) is 10.8. The molecule has 0 saturated carbocycles. The van der Waals surface area contributed by atoms with E-state index >= 15 is 0 Å². The molecule has 0 amide bonds. The van der Waals surface area contributed by atoms with Gasteiger partial charge in [-0.15, -0.1) is 0 Å². The van der Waals surface area contributed by atoms with E-state index in [-0.39, 0.29) is 11.3 Å². The summed E-state index contributed by atoms with van der Waals surface area (Å²) in [5.74, 6) is -3.72. The van der Waals surface area contributed by atoms with Crippen molar-refractivity contribution in [1.82, 2.24) is 4.98 Å². The highest BCUT2D eigenvalue weighted by atomic mass is 19.3. The Morgan fingerprint density at radius 3 is 2.57 bits per heavy atom. The summed E-state index contributed by atoms with van der Waals surface area (Å²) in [4.78, 5) is 6.67. The average molecular weight is 196 g/mol. The fourth-order valence-electron chi connectivity index (χ4n) is 1.00. The third-order valence-electron chi connectivity index (χ3n) is 1.96. The van der Waals surface area contributed by atoms with Crippen molar-refractivity contribution in [3.63, 3.8) is 0 Å². The van der Waals surface area contributed by atoms with Gasteiger partial charge >= 0.3 is 0 Å². The third kappa shape index (κ3) is 1.87. The van der Waals surface area contributed by atoms with Crippen molar-refractivity contribution in [2.24, 2.45) is 5.92 Å². The van der Waals surface area contributed by atoms with E-state index in [9.17, 15) is 8.78 Å². The first-order chi connectivity index (χ1) is 6.48. The average Bonchev–Trinajstić information content (AvgIpc) is 2.17. The number of nitrogens with zero attached hydrogens (tertiary/aromatic N) is 2. The van der Waals surface area contributed by atoms with Crippen molar-refractivity contribution in [2.45, 2.75) is 19.8 Å². The standard InChI is InChI=1S/C10H10F2N2/c1-7(2)10(11,12)8-4-9(13-3)6-14-5-8/h4-7H,1-2H3. The van der Waals surface area contributed by atoms with Gasteiger partial charge in [0.1, 0.15) is 0 Å². The van der Waals surface area contributed by atoms with Crippen molar-refractivity contribution in [3.05, 3.63) is 35.4 Å². The predicted molar refractivity (Wildman–Crippen MR) is 49.2 cm³/mol. The van der Waals surface area contributed by atoms with Gasteiger partial charge in [-0.05, 0) is 6.07 Å². The largest absolute Gasteiger partial charge is 0.276 e. The first-order valence-corrected chi connectivity index (χ1v) is 4.19. The lowest BCUT2D eigenvalue weighted by Gasteiger charge is -2.20. The van der Waals surface area contributed by atoms with Gasteiger partial charge in [-0.3, -0.25) is 4.98 Å². The van der Waals surface area contributed by atoms with Gasteiger partial charge in [-0.25, -0.2) is 13.6 Å². The Balaban J connectivity index is 3.14. The summed E-state index contributed by atoms with van der Waals surface area (Å²) in [5, 5.41) is 0. The van der Waals surface area contributed by atoms with Crippen LogP contribution in [0.3, 0.4) is 0 Å². The first-order valence-electron chi connectivity index (χ1n) is 4.19. The van der Waals surface area contributed by atoms with Gasteiger partial charge in [0, 0.05) is 23.9 Å². The summed E-state index contributed by atoms with van der Waals surface area (Å²) in [6.45, 7) is 9.56. The molecule has 4 heteroatoms. The second kappa shape index (κ2) is 3.70. The fourth-order valence-corrected chi connectivity index (χ4v) is 1.00. The number of halogens is 2. The molecule has 0 saturated heterocycles. The number of rotatable bonds is 2. The topological polar surface area (TPSA) is 17.2 Å². The van der Waals surface area contributed by atoms with Crippen LogP contribution >= 0.6 is 0 Å². The van der Waals surface area contributed by atoms with Gasteiger partial charge in [0.15, 0.2) is 0 Å². The molecule has 74 valence electrons. The molecule has 0 aliphatic rings. The molecule has 0 bridgehead atoms. The Morgan fingerprint density at radius 1 is 1.43 bits per heavy atom. The van der Waals surface area contributed by atoms with Gasteiger partial charge in [0.25, 0.3) is 5.92 Å². The molecule has 1 aromatic rings. The minimum absolute atomic E-state index is 0.142. The van der Waals surface area contributed by atoms with Crippen LogP contribution in [0.1, 0.15) is 19.4 Å². The van der Waals surface area contributed by atoms with Crippen LogP contribution in [0.15, 0.2) is 18.5 Å². The Labute approximate surface area is 81.4 Å². The molecule has 1 rings (SSSR count). The molecule has 0 unspecified atom stereocenters. The number of hydrogen-bond acceptors (Lipinski definition) is 1. The summed E-state index contributed by atoms with van der Waals surface area (Å²) in [7, 11) is 0. The smallest absolute Gasteiger partial charge is 0.275 e. The zero-order valence-corrected chi connectivity index (χ0v) is 7.96. The minimum Gasteiger partial charge on any atom is -0.276 e. The Hall–Kier alpha value is -1.50. The highest BCUT2D eigenvalue weighted by Crippen LogP contribution is 2.36. The summed E-state index contributed by atoms with van der Waals surface area (Å²) < 4.78 is 26.9. The van der Waals surface area contributed by atoms with Gasteiger partial charge in [-0.2, -0.15) is 0 Å². The number of hydrogen-bond donors (Lipinski definition) is 0. The molecule has 0 N–H and O–H groups in total. The molecule has 0 fully saturated rings. The van der Waals surface area contributed by atoms with Crippen LogP contribution in [0.4, 0.5) is 14.5 Å². The minimum atomic E-state index is -2.92. The summed E-state index contributed by atoms with van der Waals surface area (Å²) in [6, 6.07) is 1.18. The molecule has 1 heterocycles. The summed E-state index contributed by atoms with van der Waals surface area (Å²) >= 11 is 0. The zero-order valence-electron chi connectivity index (χ0n) is 7.96. The molecule has 0 spiro atoms. The summed E-state index contributed by atoms with van der Waals surface area (Å²) in [5.41, 5.74) is -0.0520. The lowest BCUT2D eigenvalue weighted by Crippen LogP contribution is -2.20. The van der Waals surface area contributed by atoms with E-state index in [1.54, 1.807) is 0 Å². The Kier molecular flexibility index (Phi) is 2.80. The van der Waals surface area contributed by atoms with E-state index in [1.807, 2.05) is 0 Å². The fraction of sp³-hybridized carbons (Fsp3) is 0.400. The van der Waals surface area contributed by atoms with Crippen molar-refractivity contribution in [1.29, 1.82) is 0 Å². The molecule has 0 atom stereocenters. The normalized spacial score (nSPS) is 11.4. The molecule has 14 heavy (non-hydrogen) atoms. The lowest BCUT2D eigenvalue weighted by molar-refractivity contribution is -0.0516. The highest BCUT2D eigenvalue weighted by molar-refractivity contribution is 5.44. The van der Waals surface area contributed by atoms with E-state index in [0.29, 0.717) is 0 Å². The van der Waals surface area contributed by atoms with E-state index in [2.05, 4.69) is 9.83 Å². The molecule has 0 aliphatic carbocycles. The quantitative estimate of drug-likeness (QED) is 0.663. The van der Waals surface area contributed by atoms with Crippen molar-refractivity contribution in [2.75, 3.05) is 0 Å². The lowest BCUT2D eigenvalue weighted by atomic mass is 9.99. The molecule has 0 aromatic carbocycles. The van der Waals surface area contributed by atoms with Crippen LogP contribution < -0.4 is 0 Å². The van der Waals surface area contributed by atoms with Crippen molar-refractivity contribution in [3.8, 4) is 0 Å². The van der Waals surface area contributed by atoms with Crippen LogP contribution in [-0.2, 0) is 5.92 Å². The Bertz CT molecular complexity index is 367. The van der Waals surface area contributed by atoms with Gasteiger partial charge in [0.05, 0.1) is 6.57 Å². The van der Waals surface area contributed by atoms with Crippen LogP contribution in [0.25, 0.3) is 4.85 Å². The number of aromatic nitrogens is 1. The Morgan fingerprint density at radius 2 is 2.07 bits per heavy atom. The van der Waals surface area contributed by atoms with Crippen molar-refractivity contribution < 1.29 is 8.78 Å². The van der Waals surface area contributed by atoms with Crippen molar-refractivity contribution >= 4 is 5.69 Å². The van der Waals surface area contributed by atoms with Gasteiger partial charge in [-0.1, -0.05) is 13.8 Å². The maximum absolute atomic E-state index is 13.5. The molecular formula is C10H10F2N2. The van der Waals surface area contributed by atoms with Crippen LogP contribution in [0.5, 0.6) is 0 Å². The van der Waals surface area contributed by atoms with Crippen LogP contribution in [0, 0.1) is 12.5 Å². The van der Waals surface area contributed by atoms with Crippen LogP contribution in [-0.4, -0.2) is 4.98 Å². The maximum Gasteiger partial charge on any atom is 0.275 e. The third-order valence-corrected chi connectivity index (χ3v) is 1.96. The van der Waals surface area contributed by atoms with E-state index in [1.165, 1.54) is 26.1 Å². The van der Waals surface area contributed by atoms with E-state index < -0.39 is 11.8 Å². The number of pyridine rings is 1. The maximum atomic E-state index is 13.5. The van der Waals surface area contributed by atoms with Gasteiger partial charge < -0.3 is 0 Å². The predicted octanol–water partition coefficient (Wildman–Crippen LogP) is 3.38. The molecular weight excluding hydrogens is 186 g/mol. The second-order valence-corrected chi connectivity index (χ2v) is 3.32. The molecule has 0 aliphatic heterocycles. The molecule has 2 nitrogen and oxygen atoms in total. The van der Waals surface area contributed by atoms with E-state index in [4.69, 9.17) is 6.57 Å². The monoisotopic (exact) mass is 196 g/mol. The van der Waals surface area contributed by atoms with Gasteiger partial charge in [0.2, 0.25) is 5.69 Å². The molecule has 1 aromatic heterocycles. The molecule has 0 radical (unpaired) electrons.